The number of esters is 1. The third kappa shape index (κ3) is 4.39. The number of amides is 1. The van der Waals surface area contributed by atoms with Crippen molar-refractivity contribution in [2.75, 3.05) is 7.11 Å². The highest BCUT2D eigenvalue weighted by atomic mass is 19.1. The maximum absolute atomic E-state index is 13.7. The molecule has 1 atom stereocenters. The van der Waals surface area contributed by atoms with E-state index in [-0.39, 0.29) is 12.0 Å². The van der Waals surface area contributed by atoms with Crippen LogP contribution >= 0.6 is 0 Å². The number of methoxy groups -OCH3 is 1. The average Bonchev–Trinajstić information content (AvgIpc) is 2.55. The zero-order chi connectivity index (χ0) is 16.8. The Balaban J connectivity index is 2.15. The van der Waals surface area contributed by atoms with Crippen molar-refractivity contribution in [2.45, 2.75) is 19.4 Å². The van der Waals surface area contributed by atoms with Gasteiger partial charge < -0.3 is 10.1 Å². The molecule has 0 saturated carbocycles. The van der Waals surface area contributed by atoms with Gasteiger partial charge in [-0.05, 0) is 24.6 Å². The normalized spacial score (nSPS) is 11.6. The molecule has 0 unspecified atom stereocenters. The van der Waals surface area contributed by atoms with Crippen LogP contribution in [-0.2, 0) is 16.0 Å². The van der Waals surface area contributed by atoms with Crippen LogP contribution in [0.1, 0.15) is 21.5 Å². The first kappa shape index (κ1) is 16.7. The van der Waals surface area contributed by atoms with E-state index in [0.29, 0.717) is 0 Å². The van der Waals surface area contributed by atoms with Gasteiger partial charge in [0.15, 0.2) is 0 Å². The maximum atomic E-state index is 13.7. The minimum atomic E-state index is -0.880. The third-order valence-corrected chi connectivity index (χ3v) is 3.47. The van der Waals surface area contributed by atoms with E-state index < -0.39 is 23.7 Å². The largest absolute Gasteiger partial charge is 0.467 e. The number of hydrogen-bond acceptors (Lipinski definition) is 3. The molecule has 0 saturated heterocycles. The van der Waals surface area contributed by atoms with Crippen LogP contribution in [0.3, 0.4) is 0 Å². The summed E-state index contributed by atoms with van der Waals surface area (Å²) < 4.78 is 18.4. The highest BCUT2D eigenvalue weighted by Crippen LogP contribution is 2.10. The van der Waals surface area contributed by atoms with Crippen molar-refractivity contribution in [2.24, 2.45) is 0 Å². The molecular formula is C18H18FNO3. The number of nitrogens with one attached hydrogen (secondary N) is 1. The zero-order valence-corrected chi connectivity index (χ0v) is 13.0. The molecule has 0 fully saturated rings. The van der Waals surface area contributed by atoms with E-state index >= 15 is 0 Å². The van der Waals surface area contributed by atoms with E-state index in [1.54, 1.807) is 6.07 Å². The van der Waals surface area contributed by atoms with Gasteiger partial charge >= 0.3 is 5.97 Å². The van der Waals surface area contributed by atoms with E-state index in [2.05, 4.69) is 5.32 Å². The van der Waals surface area contributed by atoms with E-state index in [4.69, 9.17) is 4.74 Å². The molecule has 0 aliphatic heterocycles. The Morgan fingerprint density at radius 3 is 2.39 bits per heavy atom. The van der Waals surface area contributed by atoms with Gasteiger partial charge in [0.1, 0.15) is 11.9 Å². The van der Waals surface area contributed by atoms with Crippen molar-refractivity contribution in [3.05, 3.63) is 71.0 Å². The van der Waals surface area contributed by atoms with Crippen molar-refractivity contribution < 1.29 is 18.7 Å². The second kappa shape index (κ2) is 7.54. The number of carbonyl (C=O) groups is 2. The van der Waals surface area contributed by atoms with E-state index in [0.717, 1.165) is 11.1 Å². The minimum Gasteiger partial charge on any atom is -0.467 e. The summed E-state index contributed by atoms with van der Waals surface area (Å²) in [5.41, 5.74) is 1.86. The van der Waals surface area contributed by atoms with Gasteiger partial charge in [-0.25, -0.2) is 9.18 Å². The predicted molar refractivity (Wildman–Crippen MR) is 84.6 cm³/mol. The quantitative estimate of drug-likeness (QED) is 0.863. The Kier molecular flexibility index (Phi) is 5.46. The molecule has 5 heteroatoms. The average molecular weight is 315 g/mol. The topological polar surface area (TPSA) is 55.4 Å². The summed E-state index contributed by atoms with van der Waals surface area (Å²) in [5, 5.41) is 2.53. The smallest absolute Gasteiger partial charge is 0.328 e. The maximum Gasteiger partial charge on any atom is 0.328 e. The highest BCUT2D eigenvalue weighted by molar-refractivity contribution is 5.97. The second-order valence-corrected chi connectivity index (χ2v) is 5.22. The molecule has 0 aromatic heterocycles. The van der Waals surface area contributed by atoms with Gasteiger partial charge in [0.05, 0.1) is 12.7 Å². The van der Waals surface area contributed by atoms with Crippen molar-refractivity contribution in [3.8, 4) is 0 Å². The van der Waals surface area contributed by atoms with Crippen LogP contribution in [0.4, 0.5) is 4.39 Å². The molecule has 0 spiro atoms. The summed E-state index contributed by atoms with van der Waals surface area (Å²) in [6.45, 7) is 1.96. The summed E-state index contributed by atoms with van der Waals surface area (Å²) in [7, 11) is 1.25. The van der Waals surface area contributed by atoms with Crippen LogP contribution in [0, 0.1) is 12.7 Å². The molecular weight excluding hydrogens is 297 g/mol. The Bertz CT molecular complexity index is 698. The standard InChI is InChI=1S/C18H18FNO3/c1-12-7-9-13(10-8-12)11-16(18(22)23-2)20-17(21)14-5-3-4-6-15(14)19/h3-10,16H,11H2,1-2H3,(H,20,21)/t16-/m0/s1. The third-order valence-electron chi connectivity index (χ3n) is 3.47. The lowest BCUT2D eigenvalue weighted by molar-refractivity contribution is -0.142. The first-order valence-corrected chi connectivity index (χ1v) is 7.20. The van der Waals surface area contributed by atoms with Crippen LogP contribution in [-0.4, -0.2) is 25.0 Å². The van der Waals surface area contributed by atoms with Crippen LogP contribution in [0.15, 0.2) is 48.5 Å². The fourth-order valence-electron chi connectivity index (χ4n) is 2.18. The van der Waals surface area contributed by atoms with Crippen LogP contribution in [0.2, 0.25) is 0 Å². The summed E-state index contributed by atoms with van der Waals surface area (Å²) >= 11 is 0. The predicted octanol–water partition coefficient (Wildman–Crippen LogP) is 2.65. The van der Waals surface area contributed by atoms with Gasteiger partial charge in [0, 0.05) is 6.42 Å². The van der Waals surface area contributed by atoms with Crippen LogP contribution in [0.25, 0.3) is 0 Å². The van der Waals surface area contributed by atoms with Gasteiger partial charge in [-0.3, -0.25) is 4.79 Å². The SMILES string of the molecule is COC(=O)[C@H](Cc1ccc(C)cc1)NC(=O)c1ccccc1F. The van der Waals surface area contributed by atoms with Crippen molar-refractivity contribution in [3.63, 3.8) is 0 Å². The number of benzene rings is 2. The molecule has 0 radical (unpaired) electrons. The molecule has 0 aliphatic rings. The number of halogens is 1. The molecule has 1 amide bonds. The van der Waals surface area contributed by atoms with Crippen molar-refractivity contribution in [1.82, 2.24) is 5.32 Å². The fraction of sp³-hybridized carbons (Fsp3) is 0.222. The molecule has 0 bridgehead atoms. The number of hydrogen-bond donors (Lipinski definition) is 1. The lowest BCUT2D eigenvalue weighted by Crippen LogP contribution is -2.43. The molecule has 2 aromatic rings. The van der Waals surface area contributed by atoms with E-state index in [1.807, 2.05) is 31.2 Å². The molecule has 2 aromatic carbocycles. The van der Waals surface area contributed by atoms with Gasteiger partial charge in [-0.2, -0.15) is 0 Å². The lowest BCUT2D eigenvalue weighted by atomic mass is 10.0. The van der Waals surface area contributed by atoms with Crippen LogP contribution in [0.5, 0.6) is 0 Å². The summed E-state index contributed by atoms with van der Waals surface area (Å²) in [6, 6.07) is 12.3. The fourth-order valence-corrected chi connectivity index (χ4v) is 2.18. The van der Waals surface area contributed by atoms with Crippen molar-refractivity contribution in [1.29, 1.82) is 0 Å². The van der Waals surface area contributed by atoms with Crippen LogP contribution < -0.4 is 5.32 Å². The Morgan fingerprint density at radius 1 is 1.13 bits per heavy atom. The first-order chi connectivity index (χ1) is 11.0. The number of aryl methyl sites for hydroxylation is 1. The summed E-state index contributed by atoms with van der Waals surface area (Å²) in [6.07, 6.45) is 0.271. The minimum absolute atomic E-state index is 0.106. The molecule has 0 aliphatic carbocycles. The molecule has 1 N–H and O–H groups in total. The monoisotopic (exact) mass is 315 g/mol. The molecule has 23 heavy (non-hydrogen) atoms. The second-order valence-electron chi connectivity index (χ2n) is 5.22. The number of carbonyl (C=O) groups excluding carboxylic acids is 2. The van der Waals surface area contributed by atoms with E-state index in [9.17, 15) is 14.0 Å². The number of ether oxygens (including phenoxy) is 1. The van der Waals surface area contributed by atoms with Gasteiger partial charge in [0.25, 0.3) is 5.91 Å². The Morgan fingerprint density at radius 2 is 1.78 bits per heavy atom. The van der Waals surface area contributed by atoms with Crippen molar-refractivity contribution >= 4 is 11.9 Å². The summed E-state index contributed by atoms with van der Waals surface area (Å²) in [4.78, 5) is 24.1. The highest BCUT2D eigenvalue weighted by Gasteiger charge is 2.23. The first-order valence-electron chi connectivity index (χ1n) is 7.20. The summed E-state index contributed by atoms with van der Waals surface area (Å²) in [5.74, 6) is -1.86. The number of rotatable bonds is 5. The lowest BCUT2D eigenvalue weighted by Gasteiger charge is -2.17. The van der Waals surface area contributed by atoms with Gasteiger partial charge in [-0.15, -0.1) is 0 Å². The Labute approximate surface area is 134 Å². The Hall–Kier alpha value is -2.69. The van der Waals surface area contributed by atoms with Gasteiger partial charge in [0.2, 0.25) is 0 Å². The molecule has 0 heterocycles. The van der Waals surface area contributed by atoms with Gasteiger partial charge in [-0.1, -0.05) is 42.0 Å². The molecule has 2 rings (SSSR count). The molecule has 120 valence electrons. The zero-order valence-electron chi connectivity index (χ0n) is 13.0. The molecule has 4 nitrogen and oxygen atoms in total. The van der Waals surface area contributed by atoms with E-state index in [1.165, 1.54) is 25.3 Å².